The van der Waals surface area contributed by atoms with Crippen LogP contribution in [0.3, 0.4) is 0 Å². The summed E-state index contributed by atoms with van der Waals surface area (Å²) in [4.78, 5) is 22.2. The first kappa shape index (κ1) is 15.6. The average molecular weight is 334 g/mol. The van der Waals surface area contributed by atoms with Crippen LogP contribution in [0.2, 0.25) is 5.02 Å². The molecule has 7 heteroatoms. The summed E-state index contributed by atoms with van der Waals surface area (Å²) >= 11 is 5.82. The van der Waals surface area contributed by atoms with Gasteiger partial charge in [-0.25, -0.2) is 4.98 Å². The summed E-state index contributed by atoms with van der Waals surface area (Å²) in [5.41, 5.74) is 0.807. The van der Waals surface area contributed by atoms with Gasteiger partial charge in [-0.05, 0) is 36.2 Å². The smallest absolute Gasteiger partial charge is 0.260 e. The number of ether oxygens (including phenoxy) is 1. The van der Waals surface area contributed by atoms with Crippen LogP contribution >= 0.6 is 11.6 Å². The van der Waals surface area contributed by atoms with Crippen molar-refractivity contribution in [3.8, 4) is 0 Å². The molecule has 118 valence electrons. The molecule has 23 heavy (non-hydrogen) atoms. The van der Waals surface area contributed by atoms with E-state index in [1.165, 1.54) is 6.07 Å². The van der Waals surface area contributed by atoms with Gasteiger partial charge in [0.1, 0.15) is 12.4 Å². The molecule has 1 N–H and O–H groups in total. The Labute approximate surface area is 136 Å². The largest absolute Gasteiger partial charge is 0.373 e. The topological polar surface area (TPSA) is 67.9 Å². The number of hydrogen-bond donors (Lipinski definition) is 1. The summed E-state index contributed by atoms with van der Waals surface area (Å²) in [6, 6.07) is 9.97. The number of nitrogens with zero attached hydrogens (tertiary/aromatic N) is 2. The molecule has 0 unspecified atom stereocenters. The number of hydrogen-bond acceptors (Lipinski definition) is 4. The maximum atomic E-state index is 13.1. The highest BCUT2D eigenvalue weighted by Gasteiger charge is 2.06. The van der Waals surface area contributed by atoms with E-state index in [1.807, 2.05) is 24.3 Å². The molecule has 0 amide bonds. The number of halogens is 2. The molecule has 0 bridgehead atoms. The van der Waals surface area contributed by atoms with Gasteiger partial charge in [-0.15, -0.1) is 0 Å². The number of H-pyrrole nitrogens is 1. The van der Waals surface area contributed by atoms with E-state index in [0.717, 1.165) is 11.6 Å². The van der Waals surface area contributed by atoms with Crippen molar-refractivity contribution in [2.45, 2.75) is 13.0 Å². The molecule has 0 aliphatic rings. The van der Waals surface area contributed by atoms with Gasteiger partial charge >= 0.3 is 0 Å². The summed E-state index contributed by atoms with van der Waals surface area (Å²) in [5, 5.41) is 0.934. The number of pyridine rings is 1. The molecular weight excluding hydrogens is 321 g/mol. The van der Waals surface area contributed by atoms with E-state index in [9.17, 15) is 9.18 Å². The predicted octanol–water partition coefficient (Wildman–Crippen LogP) is 2.87. The van der Waals surface area contributed by atoms with Crippen molar-refractivity contribution in [1.29, 1.82) is 0 Å². The van der Waals surface area contributed by atoms with Gasteiger partial charge in [0.25, 0.3) is 5.56 Å². The summed E-state index contributed by atoms with van der Waals surface area (Å²) in [7, 11) is 0. The lowest BCUT2D eigenvalue weighted by atomic mass is 10.2. The number of nitrogens with one attached hydrogen (secondary N) is 1. The van der Waals surface area contributed by atoms with Gasteiger partial charge in [-0.1, -0.05) is 23.7 Å². The van der Waals surface area contributed by atoms with Crippen molar-refractivity contribution in [2.75, 3.05) is 6.61 Å². The minimum absolute atomic E-state index is 0.0741. The van der Waals surface area contributed by atoms with Gasteiger partial charge in [-0.2, -0.15) is 9.37 Å². The van der Waals surface area contributed by atoms with Gasteiger partial charge in [0.2, 0.25) is 5.95 Å². The highest BCUT2D eigenvalue weighted by molar-refractivity contribution is 6.30. The van der Waals surface area contributed by atoms with Crippen molar-refractivity contribution >= 4 is 22.6 Å². The number of benzene rings is 1. The third-order valence-electron chi connectivity index (χ3n) is 3.27. The highest BCUT2D eigenvalue weighted by Crippen LogP contribution is 2.10. The lowest BCUT2D eigenvalue weighted by molar-refractivity contribution is 0.118. The first-order chi connectivity index (χ1) is 11.1. The fraction of sp³-hybridized carbons (Fsp3) is 0.188. The number of aromatic amines is 1. The van der Waals surface area contributed by atoms with Crippen molar-refractivity contribution in [2.24, 2.45) is 0 Å². The normalized spacial score (nSPS) is 11.0. The number of fused-ring (bicyclic) bond motifs is 1. The minimum atomic E-state index is -0.676. The van der Waals surface area contributed by atoms with E-state index < -0.39 is 5.95 Å². The van der Waals surface area contributed by atoms with Crippen molar-refractivity contribution in [3.05, 3.63) is 69.1 Å². The van der Waals surface area contributed by atoms with E-state index >= 15 is 0 Å². The molecular formula is C16H13ClFN3O2. The second-order valence-electron chi connectivity index (χ2n) is 4.95. The third-order valence-corrected chi connectivity index (χ3v) is 3.52. The maximum absolute atomic E-state index is 13.1. The first-order valence-corrected chi connectivity index (χ1v) is 7.37. The zero-order valence-corrected chi connectivity index (χ0v) is 12.8. The molecule has 0 atom stereocenters. The van der Waals surface area contributed by atoms with Crippen LogP contribution in [0, 0.1) is 5.95 Å². The minimum Gasteiger partial charge on any atom is -0.373 e. The molecule has 0 fully saturated rings. The van der Waals surface area contributed by atoms with Gasteiger partial charge in [0.05, 0.1) is 12.0 Å². The van der Waals surface area contributed by atoms with E-state index in [4.69, 9.17) is 16.3 Å². The third kappa shape index (κ3) is 3.91. The Morgan fingerprint density at radius 1 is 1.13 bits per heavy atom. The van der Waals surface area contributed by atoms with Gasteiger partial charge in [0, 0.05) is 5.02 Å². The van der Waals surface area contributed by atoms with E-state index in [0.29, 0.717) is 23.9 Å². The van der Waals surface area contributed by atoms with Crippen LogP contribution in [0.1, 0.15) is 11.4 Å². The molecule has 0 aliphatic heterocycles. The Morgan fingerprint density at radius 2 is 1.91 bits per heavy atom. The van der Waals surface area contributed by atoms with Crippen LogP contribution in [0.5, 0.6) is 0 Å². The van der Waals surface area contributed by atoms with Crippen LogP contribution in [0.4, 0.5) is 4.39 Å². The molecule has 3 aromatic rings. The van der Waals surface area contributed by atoms with Crippen LogP contribution in [0.15, 0.2) is 41.2 Å². The van der Waals surface area contributed by atoms with Gasteiger partial charge in [-0.3, -0.25) is 4.79 Å². The zero-order chi connectivity index (χ0) is 16.2. The molecule has 2 aromatic heterocycles. The second-order valence-corrected chi connectivity index (χ2v) is 5.38. The van der Waals surface area contributed by atoms with Crippen LogP contribution in [-0.2, 0) is 17.8 Å². The lowest BCUT2D eigenvalue weighted by Crippen LogP contribution is -2.14. The van der Waals surface area contributed by atoms with Gasteiger partial charge < -0.3 is 9.72 Å². The van der Waals surface area contributed by atoms with Crippen LogP contribution in [-0.4, -0.2) is 21.6 Å². The summed E-state index contributed by atoms with van der Waals surface area (Å²) in [6.45, 7) is 0.580. The number of aromatic nitrogens is 3. The second kappa shape index (κ2) is 6.85. The molecule has 0 saturated heterocycles. The average Bonchev–Trinajstić information content (AvgIpc) is 2.53. The van der Waals surface area contributed by atoms with E-state index in [2.05, 4.69) is 15.0 Å². The molecule has 0 radical (unpaired) electrons. The SMILES string of the molecule is O=c1[nH]c(COCCc2ccc(Cl)cc2)nc2nc(F)ccc12. The Bertz CT molecular complexity index is 881. The Kier molecular flexibility index (Phi) is 4.64. The van der Waals surface area contributed by atoms with E-state index in [1.54, 1.807) is 0 Å². The molecule has 5 nitrogen and oxygen atoms in total. The molecule has 2 heterocycles. The molecule has 0 aliphatic carbocycles. The predicted molar refractivity (Wildman–Crippen MR) is 84.9 cm³/mol. The Balaban J connectivity index is 1.63. The maximum Gasteiger partial charge on any atom is 0.260 e. The molecule has 0 spiro atoms. The molecule has 1 aromatic carbocycles. The summed E-state index contributed by atoms with van der Waals surface area (Å²) in [5.74, 6) is -0.359. The lowest BCUT2D eigenvalue weighted by Gasteiger charge is -2.05. The molecule has 0 saturated carbocycles. The van der Waals surface area contributed by atoms with Gasteiger partial charge in [0.15, 0.2) is 5.65 Å². The fourth-order valence-electron chi connectivity index (χ4n) is 2.12. The van der Waals surface area contributed by atoms with Crippen LogP contribution in [0.25, 0.3) is 11.0 Å². The quantitative estimate of drug-likeness (QED) is 0.576. The summed E-state index contributed by atoms with van der Waals surface area (Å²) in [6.07, 6.45) is 0.710. The highest BCUT2D eigenvalue weighted by atomic mass is 35.5. The van der Waals surface area contributed by atoms with Crippen molar-refractivity contribution < 1.29 is 9.13 Å². The van der Waals surface area contributed by atoms with Crippen LogP contribution < -0.4 is 5.56 Å². The fourth-order valence-corrected chi connectivity index (χ4v) is 2.25. The van der Waals surface area contributed by atoms with Crippen molar-refractivity contribution in [1.82, 2.24) is 15.0 Å². The van der Waals surface area contributed by atoms with E-state index in [-0.39, 0.29) is 23.2 Å². The Hall–Kier alpha value is -2.31. The summed E-state index contributed by atoms with van der Waals surface area (Å²) < 4.78 is 18.6. The number of rotatable bonds is 5. The standard InChI is InChI=1S/C16H13ClFN3O2/c17-11-3-1-10(2-4-11)7-8-23-9-14-20-15-12(16(22)21-14)5-6-13(18)19-15/h1-6H,7-9H2,(H,19,20,21,22). The monoisotopic (exact) mass is 333 g/mol. The zero-order valence-electron chi connectivity index (χ0n) is 12.1. The first-order valence-electron chi connectivity index (χ1n) is 6.99. The molecule has 3 rings (SSSR count). The van der Waals surface area contributed by atoms with Crippen molar-refractivity contribution in [3.63, 3.8) is 0 Å². The Morgan fingerprint density at radius 3 is 2.70 bits per heavy atom.